The Morgan fingerprint density at radius 3 is 2.58 bits per heavy atom. The molecule has 1 fully saturated rings. The Hall–Kier alpha value is -1.01. The summed E-state index contributed by atoms with van der Waals surface area (Å²) in [7, 11) is 0. The van der Waals surface area contributed by atoms with E-state index in [1.165, 1.54) is 25.7 Å². The van der Waals surface area contributed by atoms with Crippen LogP contribution in [-0.4, -0.2) is 27.5 Å². The number of hydrogen-bond donors (Lipinski definition) is 3. The number of hydrazine groups is 1. The van der Waals surface area contributed by atoms with Gasteiger partial charge in [-0.15, -0.1) is 0 Å². The van der Waals surface area contributed by atoms with Crippen LogP contribution in [0.15, 0.2) is 6.07 Å². The summed E-state index contributed by atoms with van der Waals surface area (Å²) in [6.07, 6.45) is 8.25. The molecule has 0 spiro atoms. The number of aromatic nitrogens is 2. The fourth-order valence-electron chi connectivity index (χ4n) is 2.54. The molecule has 106 valence electrons. The largest absolute Gasteiger partial charge is 0.369 e. The van der Waals surface area contributed by atoms with Crippen molar-refractivity contribution in [2.45, 2.75) is 43.8 Å². The lowest BCUT2D eigenvalue weighted by atomic mass is 10.1. The number of rotatable bonds is 6. The minimum atomic E-state index is 0.369. The number of nitrogen functional groups attached to an aromatic ring is 1. The van der Waals surface area contributed by atoms with Gasteiger partial charge in [-0.1, -0.05) is 19.8 Å². The summed E-state index contributed by atoms with van der Waals surface area (Å²) in [4.78, 5) is 8.79. The molecule has 4 N–H and O–H groups in total. The van der Waals surface area contributed by atoms with Gasteiger partial charge in [0.2, 0.25) is 0 Å². The molecule has 5 nitrogen and oxygen atoms in total. The van der Waals surface area contributed by atoms with Crippen LogP contribution < -0.4 is 16.6 Å². The van der Waals surface area contributed by atoms with Crippen LogP contribution in [0.2, 0.25) is 0 Å². The molecule has 0 aromatic carbocycles. The van der Waals surface area contributed by atoms with Crippen LogP contribution in [-0.2, 0) is 6.42 Å². The fourth-order valence-corrected chi connectivity index (χ4v) is 3.46. The topological polar surface area (TPSA) is 75.9 Å². The maximum absolute atomic E-state index is 5.44. The fraction of sp³-hybridized carbons (Fsp3) is 0.692. The smallest absolute Gasteiger partial charge is 0.145 e. The summed E-state index contributed by atoms with van der Waals surface area (Å²) in [6, 6.07) is 1.86. The Bertz CT molecular complexity index is 395. The monoisotopic (exact) mass is 281 g/mol. The minimum Gasteiger partial charge on any atom is -0.369 e. The van der Waals surface area contributed by atoms with Crippen LogP contribution in [0, 0.1) is 0 Å². The van der Waals surface area contributed by atoms with Crippen molar-refractivity contribution in [2.75, 3.05) is 23.5 Å². The van der Waals surface area contributed by atoms with E-state index < -0.39 is 0 Å². The van der Waals surface area contributed by atoms with Crippen molar-refractivity contribution in [3.63, 3.8) is 0 Å². The molecule has 1 aliphatic carbocycles. The van der Waals surface area contributed by atoms with Gasteiger partial charge in [0, 0.05) is 23.8 Å². The molecule has 0 radical (unpaired) electrons. The van der Waals surface area contributed by atoms with Gasteiger partial charge < -0.3 is 10.7 Å². The van der Waals surface area contributed by atoms with E-state index in [0.29, 0.717) is 10.6 Å². The predicted octanol–water partition coefficient (Wildman–Crippen LogP) is 2.41. The van der Waals surface area contributed by atoms with Gasteiger partial charge in [-0.2, -0.15) is 11.8 Å². The van der Waals surface area contributed by atoms with Crippen molar-refractivity contribution in [1.82, 2.24) is 9.97 Å². The first-order valence-corrected chi connectivity index (χ1v) is 8.07. The van der Waals surface area contributed by atoms with Crippen molar-refractivity contribution >= 4 is 23.4 Å². The lowest BCUT2D eigenvalue weighted by Crippen LogP contribution is -2.30. The first-order valence-electron chi connectivity index (χ1n) is 6.85. The van der Waals surface area contributed by atoms with Crippen molar-refractivity contribution in [3.05, 3.63) is 11.9 Å². The van der Waals surface area contributed by atoms with E-state index in [9.17, 15) is 0 Å². The minimum absolute atomic E-state index is 0.369. The molecular weight excluding hydrogens is 258 g/mol. The molecule has 0 atom stereocenters. The van der Waals surface area contributed by atoms with Crippen LogP contribution in [0.4, 0.5) is 11.6 Å². The highest BCUT2D eigenvalue weighted by molar-refractivity contribution is 8.00. The number of hydrogen-bond acceptors (Lipinski definition) is 6. The Kier molecular flexibility index (Phi) is 4.87. The number of anilines is 2. The van der Waals surface area contributed by atoms with Crippen molar-refractivity contribution in [1.29, 1.82) is 0 Å². The Morgan fingerprint density at radius 2 is 2.00 bits per heavy atom. The number of nitrogens with zero attached hydrogens (tertiary/aromatic N) is 2. The summed E-state index contributed by atoms with van der Waals surface area (Å²) in [6.45, 7) is 3.00. The molecule has 2 rings (SSSR count). The van der Waals surface area contributed by atoms with Gasteiger partial charge in [-0.25, -0.2) is 15.8 Å². The molecule has 19 heavy (non-hydrogen) atoms. The van der Waals surface area contributed by atoms with E-state index >= 15 is 0 Å². The molecule has 0 aliphatic heterocycles. The molecule has 1 aromatic heterocycles. The second kappa shape index (κ2) is 6.43. The van der Waals surface area contributed by atoms with Gasteiger partial charge in [0.15, 0.2) is 0 Å². The van der Waals surface area contributed by atoms with Gasteiger partial charge in [-0.05, 0) is 19.1 Å². The number of nitrogens with two attached hydrogens (primary N) is 1. The molecule has 1 saturated carbocycles. The maximum atomic E-state index is 5.44. The molecule has 1 heterocycles. The Labute approximate surface area is 119 Å². The highest BCUT2D eigenvalue weighted by Crippen LogP contribution is 2.40. The molecule has 0 bridgehead atoms. The average molecular weight is 281 g/mol. The zero-order valence-corrected chi connectivity index (χ0v) is 12.5. The van der Waals surface area contributed by atoms with Crippen molar-refractivity contribution < 1.29 is 0 Å². The standard InChI is InChI=1S/C13H23N5S/c1-3-10-16-11(8-12(17-10)18-14)15-9-13(19-2)6-4-5-7-13/h8H,3-7,9,14H2,1-2H3,(H2,15,16,17,18). The van der Waals surface area contributed by atoms with Gasteiger partial charge in [0.05, 0.1) is 0 Å². The van der Waals surface area contributed by atoms with Crippen LogP contribution in [0.5, 0.6) is 0 Å². The van der Waals surface area contributed by atoms with Gasteiger partial charge >= 0.3 is 0 Å². The van der Waals surface area contributed by atoms with Crippen LogP contribution >= 0.6 is 11.8 Å². The van der Waals surface area contributed by atoms with Crippen LogP contribution in [0.3, 0.4) is 0 Å². The third kappa shape index (κ3) is 3.51. The lowest BCUT2D eigenvalue weighted by molar-refractivity contribution is 0.638. The maximum Gasteiger partial charge on any atom is 0.145 e. The van der Waals surface area contributed by atoms with Gasteiger partial charge in [0.25, 0.3) is 0 Å². The molecule has 1 aliphatic rings. The van der Waals surface area contributed by atoms with Crippen LogP contribution in [0.1, 0.15) is 38.4 Å². The molecule has 1 aromatic rings. The summed E-state index contributed by atoms with van der Waals surface area (Å²) in [5.41, 5.74) is 2.60. The summed E-state index contributed by atoms with van der Waals surface area (Å²) in [5, 5.41) is 3.46. The quantitative estimate of drug-likeness (QED) is 0.549. The van der Waals surface area contributed by atoms with Gasteiger partial charge in [-0.3, -0.25) is 0 Å². The van der Waals surface area contributed by atoms with E-state index in [1.54, 1.807) is 0 Å². The normalized spacial score (nSPS) is 17.4. The van der Waals surface area contributed by atoms with Gasteiger partial charge in [0.1, 0.15) is 17.5 Å². The third-order valence-corrected chi connectivity index (χ3v) is 5.19. The zero-order chi connectivity index (χ0) is 13.7. The lowest BCUT2D eigenvalue weighted by Gasteiger charge is -2.27. The molecule has 0 amide bonds. The Morgan fingerprint density at radius 1 is 1.32 bits per heavy atom. The molecular formula is C13H23N5S. The van der Waals surface area contributed by atoms with E-state index in [4.69, 9.17) is 5.84 Å². The Balaban J connectivity index is 2.06. The molecule has 0 saturated heterocycles. The van der Waals surface area contributed by atoms with Crippen molar-refractivity contribution in [3.8, 4) is 0 Å². The second-order valence-electron chi connectivity index (χ2n) is 5.00. The zero-order valence-electron chi connectivity index (χ0n) is 11.7. The first kappa shape index (κ1) is 14.4. The van der Waals surface area contributed by atoms with Crippen LogP contribution in [0.25, 0.3) is 0 Å². The first-order chi connectivity index (χ1) is 9.21. The number of aryl methyl sites for hydroxylation is 1. The molecule has 6 heteroatoms. The summed E-state index contributed by atoms with van der Waals surface area (Å²) in [5.74, 6) is 7.78. The average Bonchev–Trinajstić information content (AvgIpc) is 2.94. The number of thioether (sulfide) groups is 1. The van der Waals surface area contributed by atoms with Crippen molar-refractivity contribution in [2.24, 2.45) is 5.84 Å². The third-order valence-electron chi connectivity index (χ3n) is 3.78. The van der Waals surface area contributed by atoms with E-state index in [2.05, 4.69) is 27.0 Å². The van der Waals surface area contributed by atoms with E-state index in [1.807, 2.05) is 24.8 Å². The van der Waals surface area contributed by atoms with E-state index in [0.717, 1.165) is 24.6 Å². The highest BCUT2D eigenvalue weighted by Gasteiger charge is 2.32. The SMILES string of the molecule is CCc1nc(NN)cc(NCC2(SC)CCCC2)n1. The summed E-state index contributed by atoms with van der Waals surface area (Å²) < 4.78 is 0.369. The summed E-state index contributed by atoms with van der Waals surface area (Å²) >= 11 is 1.97. The second-order valence-corrected chi connectivity index (χ2v) is 6.27. The number of nitrogens with one attached hydrogen (secondary N) is 2. The van der Waals surface area contributed by atoms with E-state index in [-0.39, 0.29) is 0 Å². The highest BCUT2D eigenvalue weighted by atomic mass is 32.2. The molecule has 0 unspecified atom stereocenters. The predicted molar refractivity (Wildman–Crippen MR) is 82.4 cm³/mol.